The Morgan fingerprint density at radius 3 is 2.62 bits per heavy atom. The summed E-state index contributed by atoms with van der Waals surface area (Å²) in [6.07, 6.45) is 1.93. The van der Waals surface area contributed by atoms with Gasteiger partial charge in [-0.15, -0.1) is 5.10 Å². The van der Waals surface area contributed by atoms with Crippen LogP contribution >= 0.6 is 11.8 Å². The molecule has 2 aromatic rings. The zero-order valence-corrected chi connectivity index (χ0v) is 16.2. The average Bonchev–Trinajstić information content (AvgIpc) is 2.97. The normalized spacial score (nSPS) is 20.3. The molecule has 1 aliphatic rings. The lowest BCUT2D eigenvalue weighted by atomic mass is 9.92. The van der Waals surface area contributed by atoms with E-state index in [1.54, 1.807) is 4.57 Å². The van der Waals surface area contributed by atoms with Crippen molar-refractivity contribution in [1.29, 1.82) is 0 Å². The molecule has 140 valence electrons. The van der Waals surface area contributed by atoms with Gasteiger partial charge in [0.1, 0.15) is 0 Å². The molecule has 0 aliphatic carbocycles. The van der Waals surface area contributed by atoms with Crippen LogP contribution in [-0.2, 0) is 17.8 Å². The largest absolute Gasteiger partial charge is 0.343 e. The van der Waals surface area contributed by atoms with Gasteiger partial charge in [-0.25, -0.2) is 9.89 Å². The number of carbonyl (C=O) groups is 1. The van der Waals surface area contributed by atoms with Crippen LogP contribution in [0, 0.1) is 11.8 Å². The van der Waals surface area contributed by atoms with Gasteiger partial charge in [0, 0.05) is 19.6 Å². The molecule has 2 atom stereocenters. The summed E-state index contributed by atoms with van der Waals surface area (Å²) in [5, 5.41) is 7.18. The number of thioether (sulfide) groups is 1. The molecule has 3 rings (SSSR count). The molecule has 1 amide bonds. The lowest BCUT2D eigenvalue weighted by Crippen LogP contribution is -2.43. The summed E-state index contributed by atoms with van der Waals surface area (Å²) in [6, 6.07) is 10.0. The molecule has 0 saturated carbocycles. The van der Waals surface area contributed by atoms with E-state index in [1.165, 1.54) is 23.7 Å². The topological polar surface area (TPSA) is 71.0 Å². The van der Waals surface area contributed by atoms with Crippen LogP contribution in [0.15, 0.2) is 40.3 Å². The fraction of sp³-hybridized carbons (Fsp3) is 0.526. The maximum absolute atomic E-state index is 12.5. The fourth-order valence-corrected chi connectivity index (χ4v) is 4.46. The molecule has 1 aromatic carbocycles. The van der Waals surface area contributed by atoms with E-state index in [0.29, 0.717) is 29.3 Å². The molecular weight excluding hydrogens is 348 g/mol. The van der Waals surface area contributed by atoms with Crippen molar-refractivity contribution in [2.24, 2.45) is 11.8 Å². The van der Waals surface area contributed by atoms with E-state index < -0.39 is 0 Å². The smallest absolute Gasteiger partial charge is 0.341 e. The van der Waals surface area contributed by atoms with Gasteiger partial charge in [-0.05, 0) is 30.2 Å². The van der Waals surface area contributed by atoms with Gasteiger partial charge in [-0.1, -0.05) is 55.9 Å². The summed E-state index contributed by atoms with van der Waals surface area (Å²) < 4.78 is 1.62. The molecule has 1 N–H and O–H groups in total. The zero-order chi connectivity index (χ0) is 18.5. The third-order valence-electron chi connectivity index (χ3n) is 4.74. The molecule has 2 heterocycles. The van der Waals surface area contributed by atoms with Gasteiger partial charge in [0.25, 0.3) is 0 Å². The van der Waals surface area contributed by atoms with Gasteiger partial charge >= 0.3 is 5.69 Å². The maximum Gasteiger partial charge on any atom is 0.343 e. The van der Waals surface area contributed by atoms with E-state index in [4.69, 9.17) is 0 Å². The van der Waals surface area contributed by atoms with E-state index in [0.717, 1.165) is 19.5 Å². The van der Waals surface area contributed by atoms with Crippen molar-refractivity contribution in [3.05, 3.63) is 46.4 Å². The number of nitrogens with zero attached hydrogens (tertiary/aromatic N) is 3. The summed E-state index contributed by atoms with van der Waals surface area (Å²) >= 11 is 1.34. The predicted octanol–water partition coefficient (Wildman–Crippen LogP) is 2.41. The summed E-state index contributed by atoms with van der Waals surface area (Å²) in [5.41, 5.74) is 0.944. The van der Waals surface area contributed by atoms with Crippen LogP contribution in [0.25, 0.3) is 0 Å². The Morgan fingerprint density at radius 2 is 1.92 bits per heavy atom. The van der Waals surface area contributed by atoms with Gasteiger partial charge in [-0.2, -0.15) is 0 Å². The standard InChI is InChI=1S/C19H26N4O2S/c1-14-10-15(2)12-22(11-14)17(24)13-26-19-21-20-18(25)23(19)9-8-16-6-4-3-5-7-16/h3-7,14-15H,8-13H2,1-2H3,(H,20,25). The van der Waals surface area contributed by atoms with Crippen LogP contribution in [0.3, 0.4) is 0 Å². The van der Waals surface area contributed by atoms with Crippen molar-refractivity contribution >= 4 is 17.7 Å². The Bertz CT molecular complexity index is 776. The van der Waals surface area contributed by atoms with Crippen molar-refractivity contribution < 1.29 is 4.79 Å². The van der Waals surface area contributed by atoms with Crippen molar-refractivity contribution in [2.45, 2.75) is 38.4 Å². The van der Waals surface area contributed by atoms with Crippen LogP contribution in [0.4, 0.5) is 0 Å². The number of aryl methyl sites for hydroxylation is 1. The molecule has 0 radical (unpaired) electrons. The lowest BCUT2D eigenvalue weighted by molar-refractivity contribution is -0.130. The van der Waals surface area contributed by atoms with Crippen molar-refractivity contribution in [3.8, 4) is 0 Å². The first-order chi connectivity index (χ1) is 12.5. The highest BCUT2D eigenvalue weighted by Gasteiger charge is 2.25. The van der Waals surface area contributed by atoms with Gasteiger partial charge in [0.15, 0.2) is 5.16 Å². The second kappa shape index (κ2) is 8.58. The number of aromatic amines is 1. The number of hydrogen-bond donors (Lipinski definition) is 1. The molecule has 7 heteroatoms. The number of aromatic nitrogens is 3. The van der Waals surface area contributed by atoms with Crippen LogP contribution < -0.4 is 5.69 Å². The highest BCUT2D eigenvalue weighted by molar-refractivity contribution is 7.99. The number of H-pyrrole nitrogens is 1. The molecule has 1 aliphatic heterocycles. The van der Waals surface area contributed by atoms with Crippen molar-refractivity contribution in [1.82, 2.24) is 19.7 Å². The Morgan fingerprint density at radius 1 is 1.23 bits per heavy atom. The van der Waals surface area contributed by atoms with Gasteiger partial charge < -0.3 is 4.90 Å². The number of carbonyl (C=O) groups excluding carboxylic acids is 1. The van der Waals surface area contributed by atoms with E-state index in [9.17, 15) is 9.59 Å². The second-order valence-electron chi connectivity index (χ2n) is 7.23. The molecule has 0 spiro atoms. The van der Waals surface area contributed by atoms with E-state index in [2.05, 4.69) is 24.0 Å². The number of piperidine rings is 1. The minimum atomic E-state index is -0.226. The van der Waals surface area contributed by atoms with Gasteiger partial charge in [0.2, 0.25) is 5.91 Å². The average molecular weight is 375 g/mol. The van der Waals surface area contributed by atoms with E-state index in [-0.39, 0.29) is 11.6 Å². The molecule has 1 fully saturated rings. The number of hydrogen-bond acceptors (Lipinski definition) is 4. The SMILES string of the molecule is CC1CC(C)CN(C(=O)CSc2n[nH]c(=O)n2CCc2ccccc2)C1. The predicted molar refractivity (Wildman–Crippen MR) is 103 cm³/mol. The molecule has 26 heavy (non-hydrogen) atoms. The Labute approximate surface area is 158 Å². The number of rotatable bonds is 6. The fourth-order valence-electron chi connectivity index (χ4n) is 3.58. The molecular formula is C19H26N4O2S. The number of nitrogens with one attached hydrogen (secondary N) is 1. The summed E-state index contributed by atoms with van der Waals surface area (Å²) in [4.78, 5) is 26.5. The van der Waals surface area contributed by atoms with Crippen LogP contribution in [0.1, 0.15) is 25.8 Å². The number of benzene rings is 1. The minimum Gasteiger partial charge on any atom is -0.341 e. The van der Waals surface area contributed by atoms with Crippen molar-refractivity contribution in [2.75, 3.05) is 18.8 Å². The molecule has 0 bridgehead atoms. The maximum atomic E-state index is 12.5. The Kier molecular flexibility index (Phi) is 6.19. The highest BCUT2D eigenvalue weighted by atomic mass is 32.2. The van der Waals surface area contributed by atoms with E-state index >= 15 is 0 Å². The first kappa shape index (κ1) is 18.8. The molecule has 1 saturated heterocycles. The van der Waals surface area contributed by atoms with Crippen molar-refractivity contribution in [3.63, 3.8) is 0 Å². The molecule has 1 aromatic heterocycles. The number of amides is 1. The third-order valence-corrected chi connectivity index (χ3v) is 5.70. The first-order valence-corrected chi connectivity index (χ1v) is 10.1. The summed E-state index contributed by atoms with van der Waals surface area (Å²) in [7, 11) is 0. The highest BCUT2D eigenvalue weighted by Crippen LogP contribution is 2.22. The van der Waals surface area contributed by atoms with Gasteiger partial charge in [-0.3, -0.25) is 9.36 Å². The van der Waals surface area contributed by atoms with Gasteiger partial charge in [0.05, 0.1) is 5.75 Å². The molecule has 2 unspecified atom stereocenters. The number of likely N-dealkylation sites (tertiary alicyclic amines) is 1. The first-order valence-electron chi connectivity index (χ1n) is 9.12. The second-order valence-corrected chi connectivity index (χ2v) is 8.17. The monoisotopic (exact) mass is 374 g/mol. The van der Waals surface area contributed by atoms with Crippen LogP contribution in [-0.4, -0.2) is 44.4 Å². The van der Waals surface area contributed by atoms with E-state index in [1.807, 2.05) is 35.2 Å². The molecule has 6 nitrogen and oxygen atoms in total. The quantitative estimate of drug-likeness (QED) is 0.788. The minimum absolute atomic E-state index is 0.124. The van der Waals surface area contributed by atoms with Crippen LogP contribution in [0.5, 0.6) is 0 Å². The third kappa shape index (κ3) is 4.78. The lowest BCUT2D eigenvalue weighted by Gasteiger charge is -2.34. The summed E-state index contributed by atoms with van der Waals surface area (Å²) in [6.45, 7) is 6.58. The summed E-state index contributed by atoms with van der Waals surface area (Å²) in [5.74, 6) is 1.53. The Balaban J connectivity index is 1.58. The van der Waals surface area contributed by atoms with Crippen LogP contribution in [0.2, 0.25) is 0 Å². The zero-order valence-electron chi connectivity index (χ0n) is 15.4. The Hall–Kier alpha value is -2.02.